The maximum Gasteiger partial charge on any atom is 0.253 e. The number of aryl methyl sites for hydroxylation is 1. The van der Waals surface area contributed by atoms with E-state index < -0.39 is 0 Å². The molecule has 4 heteroatoms. The molecule has 2 N–H and O–H groups in total. The fraction of sp³-hybridized carbons (Fsp3) is 0.444. The van der Waals surface area contributed by atoms with E-state index in [0.29, 0.717) is 6.54 Å². The molecule has 0 fully saturated rings. The molecule has 3 nitrogen and oxygen atoms in total. The lowest BCUT2D eigenvalue weighted by atomic mass is 10.2. The van der Waals surface area contributed by atoms with Gasteiger partial charge in [-0.1, -0.05) is 0 Å². The lowest BCUT2D eigenvalue weighted by molar-refractivity contribution is 0.785. The van der Waals surface area contributed by atoms with Crippen LogP contribution in [0.4, 0.5) is 0 Å². The predicted octanol–water partition coefficient (Wildman–Crippen LogP) is 1.12. The number of thioether (sulfide) groups is 1. The second kappa shape index (κ2) is 4.48. The molecule has 13 heavy (non-hydrogen) atoms. The number of H-pyrrole nitrogens is 1. The van der Waals surface area contributed by atoms with Gasteiger partial charge < -0.3 is 10.3 Å². The van der Waals surface area contributed by atoms with Crippen LogP contribution in [-0.4, -0.2) is 18.3 Å². The largest absolute Gasteiger partial charge is 0.326 e. The smallest absolute Gasteiger partial charge is 0.253 e. The standard InChI is InChI=1S/C9H14N2OS/c1-6-4-8(13-3)7(5-10-2)9(12)11-6/h4,10H,5H2,1-3H3,(H,11,12). The molecule has 1 heterocycles. The normalized spacial score (nSPS) is 10.4. The average Bonchev–Trinajstić information content (AvgIpc) is 2.09. The molecule has 0 bridgehead atoms. The molecule has 0 saturated heterocycles. The van der Waals surface area contributed by atoms with Gasteiger partial charge in [-0.2, -0.15) is 0 Å². The van der Waals surface area contributed by atoms with Crippen LogP contribution in [0.1, 0.15) is 11.3 Å². The number of rotatable bonds is 3. The van der Waals surface area contributed by atoms with Gasteiger partial charge >= 0.3 is 0 Å². The Hall–Kier alpha value is -0.740. The third-order valence-corrected chi connectivity index (χ3v) is 2.61. The molecule has 0 aliphatic rings. The number of pyridine rings is 1. The predicted molar refractivity (Wildman–Crippen MR) is 56.3 cm³/mol. The number of aromatic amines is 1. The van der Waals surface area contributed by atoms with Gasteiger partial charge in [0, 0.05) is 22.7 Å². The van der Waals surface area contributed by atoms with Gasteiger partial charge in [0.05, 0.1) is 0 Å². The van der Waals surface area contributed by atoms with Crippen molar-refractivity contribution in [2.24, 2.45) is 0 Å². The molecule has 1 rings (SSSR count). The minimum Gasteiger partial charge on any atom is -0.326 e. The highest BCUT2D eigenvalue weighted by atomic mass is 32.2. The van der Waals surface area contributed by atoms with E-state index >= 15 is 0 Å². The summed E-state index contributed by atoms with van der Waals surface area (Å²) in [5.41, 5.74) is 1.74. The number of hydrogen-bond acceptors (Lipinski definition) is 3. The molecule has 72 valence electrons. The van der Waals surface area contributed by atoms with Gasteiger partial charge in [-0.15, -0.1) is 11.8 Å². The van der Waals surface area contributed by atoms with Crippen molar-refractivity contribution in [2.45, 2.75) is 18.4 Å². The van der Waals surface area contributed by atoms with Gasteiger partial charge in [0.15, 0.2) is 0 Å². The second-order valence-electron chi connectivity index (χ2n) is 2.86. The summed E-state index contributed by atoms with van der Waals surface area (Å²) >= 11 is 1.60. The lowest BCUT2D eigenvalue weighted by Crippen LogP contribution is -2.20. The van der Waals surface area contributed by atoms with Crippen LogP contribution in [0.25, 0.3) is 0 Å². The van der Waals surface area contributed by atoms with Crippen molar-refractivity contribution in [2.75, 3.05) is 13.3 Å². The number of aromatic nitrogens is 1. The van der Waals surface area contributed by atoms with Gasteiger partial charge in [-0.05, 0) is 26.3 Å². The highest BCUT2D eigenvalue weighted by molar-refractivity contribution is 7.98. The van der Waals surface area contributed by atoms with Gasteiger partial charge in [-0.3, -0.25) is 4.79 Å². The Morgan fingerprint density at radius 2 is 2.31 bits per heavy atom. The van der Waals surface area contributed by atoms with Gasteiger partial charge in [0.25, 0.3) is 5.56 Å². The Kier molecular flexibility index (Phi) is 3.57. The van der Waals surface area contributed by atoms with Crippen LogP contribution in [0, 0.1) is 6.92 Å². The van der Waals surface area contributed by atoms with Crippen LogP contribution in [-0.2, 0) is 6.54 Å². The third-order valence-electron chi connectivity index (χ3n) is 1.80. The highest BCUT2D eigenvalue weighted by Gasteiger charge is 2.05. The Labute approximate surface area is 81.9 Å². The minimum absolute atomic E-state index is 0.0127. The van der Waals surface area contributed by atoms with E-state index in [1.54, 1.807) is 11.8 Å². The first-order chi connectivity index (χ1) is 6.19. The van der Waals surface area contributed by atoms with Crippen LogP contribution in [0.15, 0.2) is 15.8 Å². The van der Waals surface area contributed by atoms with Crippen LogP contribution >= 0.6 is 11.8 Å². The Morgan fingerprint density at radius 1 is 1.62 bits per heavy atom. The molecule has 0 atom stereocenters. The lowest BCUT2D eigenvalue weighted by Gasteiger charge is -2.06. The zero-order chi connectivity index (χ0) is 9.84. The summed E-state index contributed by atoms with van der Waals surface area (Å²) in [6.45, 7) is 2.51. The fourth-order valence-electron chi connectivity index (χ4n) is 1.21. The minimum atomic E-state index is 0.0127. The molecule has 0 aliphatic carbocycles. The van der Waals surface area contributed by atoms with Crippen molar-refractivity contribution in [3.05, 3.63) is 27.7 Å². The summed E-state index contributed by atoms with van der Waals surface area (Å²) in [7, 11) is 1.84. The van der Waals surface area contributed by atoms with Crippen molar-refractivity contribution < 1.29 is 0 Å². The van der Waals surface area contributed by atoms with E-state index in [0.717, 1.165) is 16.2 Å². The van der Waals surface area contributed by atoms with Crippen LogP contribution in [0.5, 0.6) is 0 Å². The molecule has 0 spiro atoms. The van der Waals surface area contributed by atoms with E-state index in [2.05, 4.69) is 10.3 Å². The molecule has 0 radical (unpaired) electrons. The maximum atomic E-state index is 11.5. The summed E-state index contributed by atoms with van der Waals surface area (Å²) in [6, 6.07) is 2.00. The Balaban J connectivity index is 3.22. The number of hydrogen-bond donors (Lipinski definition) is 2. The summed E-state index contributed by atoms with van der Waals surface area (Å²) in [6.07, 6.45) is 1.98. The molecule has 0 aliphatic heterocycles. The van der Waals surface area contributed by atoms with E-state index in [9.17, 15) is 4.79 Å². The van der Waals surface area contributed by atoms with Crippen LogP contribution in [0.2, 0.25) is 0 Å². The maximum absolute atomic E-state index is 11.5. The molecule has 0 unspecified atom stereocenters. The summed E-state index contributed by atoms with van der Waals surface area (Å²) in [5.74, 6) is 0. The van der Waals surface area contributed by atoms with Crippen molar-refractivity contribution in [1.82, 2.24) is 10.3 Å². The zero-order valence-electron chi connectivity index (χ0n) is 8.10. The first kappa shape index (κ1) is 10.3. The van der Waals surface area contributed by atoms with Crippen molar-refractivity contribution in [3.8, 4) is 0 Å². The van der Waals surface area contributed by atoms with E-state index in [1.165, 1.54) is 0 Å². The SMILES string of the molecule is CNCc1c(SC)cc(C)[nH]c1=O. The summed E-state index contributed by atoms with van der Waals surface area (Å²) in [5, 5.41) is 2.99. The molecule has 0 aromatic carbocycles. The van der Waals surface area contributed by atoms with Crippen molar-refractivity contribution in [3.63, 3.8) is 0 Å². The first-order valence-electron chi connectivity index (χ1n) is 4.10. The second-order valence-corrected chi connectivity index (χ2v) is 3.71. The topological polar surface area (TPSA) is 44.9 Å². The third kappa shape index (κ3) is 2.35. The average molecular weight is 198 g/mol. The fourth-order valence-corrected chi connectivity index (χ4v) is 1.92. The molecular weight excluding hydrogens is 184 g/mol. The van der Waals surface area contributed by atoms with Gasteiger partial charge in [0.1, 0.15) is 0 Å². The van der Waals surface area contributed by atoms with Crippen LogP contribution in [0.3, 0.4) is 0 Å². The van der Waals surface area contributed by atoms with Crippen molar-refractivity contribution in [1.29, 1.82) is 0 Å². The zero-order valence-corrected chi connectivity index (χ0v) is 8.92. The summed E-state index contributed by atoms with van der Waals surface area (Å²) in [4.78, 5) is 15.3. The van der Waals surface area contributed by atoms with Gasteiger partial charge in [-0.25, -0.2) is 0 Å². The van der Waals surface area contributed by atoms with E-state index in [1.807, 2.05) is 26.3 Å². The Bertz CT molecular complexity index is 346. The van der Waals surface area contributed by atoms with Crippen LogP contribution < -0.4 is 10.9 Å². The molecule has 0 amide bonds. The molecule has 1 aromatic rings. The van der Waals surface area contributed by atoms with E-state index in [-0.39, 0.29) is 5.56 Å². The van der Waals surface area contributed by atoms with E-state index in [4.69, 9.17) is 0 Å². The summed E-state index contributed by atoms with van der Waals surface area (Å²) < 4.78 is 0. The quantitative estimate of drug-likeness (QED) is 0.715. The highest BCUT2D eigenvalue weighted by Crippen LogP contribution is 2.17. The molecular formula is C9H14N2OS. The molecule has 0 saturated carbocycles. The first-order valence-corrected chi connectivity index (χ1v) is 5.33. The van der Waals surface area contributed by atoms with Gasteiger partial charge in [0.2, 0.25) is 0 Å². The van der Waals surface area contributed by atoms with Crippen molar-refractivity contribution >= 4 is 11.8 Å². The molecule has 1 aromatic heterocycles. The number of nitrogens with one attached hydrogen (secondary N) is 2. The monoisotopic (exact) mass is 198 g/mol. The Morgan fingerprint density at radius 3 is 2.85 bits per heavy atom.